The normalized spacial score (nSPS) is 31.2. The summed E-state index contributed by atoms with van der Waals surface area (Å²) < 4.78 is 1.53. The van der Waals surface area contributed by atoms with E-state index in [0.29, 0.717) is 29.3 Å². The molecule has 4 bridgehead atoms. The lowest BCUT2D eigenvalue weighted by Crippen LogP contribution is -2.66. The molecule has 9 nitrogen and oxygen atoms in total. The van der Waals surface area contributed by atoms with Gasteiger partial charge in [0.2, 0.25) is 5.91 Å². The molecule has 0 aliphatic heterocycles. The van der Waals surface area contributed by atoms with Crippen molar-refractivity contribution < 1.29 is 4.79 Å². The molecule has 7 rings (SSSR count). The van der Waals surface area contributed by atoms with Crippen LogP contribution in [0.5, 0.6) is 0 Å². The largest absolute Gasteiger partial charge is 0.350 e. The molecule has 2 unspecified atom stereocenters. The summed E-state index contributed by atoms with van der Waals surface area (Å²) in [7, 11) is 0. The van der Waals surface area contributed by atoms with Crippen LogP contribution in [-0.4, -0.2) is 41.2 Å². The van der Waals surface area contributed by atoms with Crippen LogP contribution in [0.15, 0.2) is 41.7 Å². The first-order valence-corrected chi connectivity index (χ1v) is 11.0. The number of nitrogens with zero attached hydrogens (tertiary/aromatic N) is 6. The van der Waals surface area contributed by atoms with E-state index >= 15 is 0 Å². The molecular formula is C22H25N7O2. The number of nitrogens with one attached hydrogen (secondary N) is 1. The van der Waals surface area contributed by atoms with E-state index in [1.54, 1.807) is 10.9 Å². The second kappa shape index (κ2) is 6.70. The Morgan fingerprint density at radius 1 is 1.16 bits per heavy atom. The van der Waals surface area contributed by atoms with Crippen molar-refractivity contribution in [3.63, 3.8) is 0 Å². The molecule has 0 spiro atoms. The van der Waals surface area contributed by atoms with Crippen molar-refractivity contribution in [3.05, 3.63) is 47.3 Å². The van der Waals surface area contributed by atoms with Crippen LogP contribution < -0.4 is 10.9 Å². The molecular weight excluding hydrogens is 394 g/mol. The Balaban J connectivity index is 1.19. The van der Waals surface area contributed by atoms with E-state index in [-0.39, 0.29) is 29.0 Å². The van der Waals surface area contributed by atoms with Gasteiger partial charge in [-0.2, -0.15) is 4.80 Å². The number of aryl methyl sites for hydroxylation is 1. The molecule has 1 aromatic carbocycles. The average molecular weight is 419 g/mol. The predicted molar refractivity (Wildman–Crippen MR) is 112 cm³/mol. The lowest BCUT2D eigenvalue weighted by molar-refractivity contribution is -0.131. The topological polar surface area (TPSA) is 108 Å². The zero-order chi connectivity index (χ0) is 21.1. The van der Waals surface area contributed by atoms with E-state index in [1.807, 2.05) is 18.2 Å². The Labute approximate surface area is 178 Å². The number of amides is 1. The summed E-state index contributed by atoms with van der Waals surface area (Å²) in [5.41, 5.74) is 0.229. The molecule has 4 saturated carbocycles. The van der Waals surface area contributed by atoms with Gasteiger partial charge in [0.15, 0.2) is 6.33 Å². The van der Waals surface area contributed by atoms with Gasteiger partial charge in [-0.15, -0.1) is 10.2 Å². The Bertz CT molecular complexity index is 1190. The highest BCUT2D eigenvalue weighted by molar-refractivity contribution is 5.78. The summed E-state index contributed by atoms with van der Waals surface area (Å²) in [5.74, 6) is 1.16. The SMILES string of the molecule is O=C(CCn1cnc2ccccc2c1=O)NC12CC3CC(C1)CC(n1ncnn1)(C3)C2. The Morgan fingerprint density at radius 3 is 2.74 bits per heavy atom. The Hall–Kier alpha value is -3.10. The van der Waals surface area contributed by atoms with Crippen LogP contribution >= 0.6 is 0 Å². The molecule has 160 valence electrons. The van der Waals surface area contributed by atoms with Crippen LogP contribution in [-0.2, 0) is 16.9 Å². The van der Waals surface area contributed by atoms with Crippen molar-refractivity contribution in [2.75, 3.05) is 0 Å². The monoisotopic (exact) mass is 419 g/mol. The highest BCUT2D eigenvalue weighted by Gasteiger charge is 2.60. The first-order valence-electron chi connectivity index (χ1n) is 11.0. The summed E-state index contributed by atoms with van der Waals surface area (Å²) in [5, 5.41) is 16.5. The molecule has 4 aliphatic rings. The lowest BCUT2D eigenvalue weighted by atomic mass is 9.50. The maximum Gasteiger partial charge on any atom is 0.261 e. The van der Waals surface area contributed by atoms with Gasteiger partial charge in [0.05, 0.1) is 22.8 Å². The third kappa shape index (κ3) is 3.05. The summed E-state index contributed by atoms with van der Waals surface area (Å²) in [6, 6.07) is 7.28. The van der Waals surface area contributed by atoms with Crippen molar-refractivity contribution in [1.82, 2.24) is 35.1 Å². The number of fused-ring (bicyclic) bond motifs is 1. The molecule has 2 atom stereocenters. The lowest BCUT2D eigenvalue weighted by Gasteiger charge is -2.61. The molecule has 2 heterocycles. The molecule has 2 aromatic heterocycles. The molecule has 1 N–H and O–H groups in total. The first kappa shape index (κ1) is 18.7. The number of rotatable bonds is 5. The van der Waals surface area contributed by atoms with Gasteiger partial charge in [-0.05, 0) is 67.7 Å². The summed E-state index contributed by atoms with van der Waals surface area (Å²) in [4.78, 5) is 31.8. The number of carbonyl (C=O) groups excluding carboxylic acids is 1. The third-order valence-electron chi connectivity index (χ3n) is 7.52. The number of aromatic nitrogens is 6. The van der Waals surface area contributed by atoms with Crippen molar-refractivity contribution in [2.24, 2.45) is 11.8 Å². The van der Waals surface area contributed by atoms with Gasteiger partial charge in [-0.3, -0.25) is 14.2 Å². The molecule has 3 aromatic rings. The zero-order valence-electron chi connectivity index (χ0n) is 17.3. The van der Waals surface area contributed by atoms with Gasteiger partial charge in [-0.1, -0.05) is 12.1 Å². The number of hydrogen-bond donors (Lipinski definition) is 1. The second-order valence-corrected chi connectivity index (χ2v) is 9.75. The fourth-order valence-electron chi connectivity index (χ4n) is 6.82. The van der Waals surface area contributed by atoms with Crippen LogP contribution in [0.2, 0.25) is 0 Å². The van der Waals surface area contributed by atoms with Crippen LogP contribution in [0.4, 0.5) is 0 Å². The molecule has 31 heavy (non-hydrogen) atoms. The van der Waals surface area contributed by atoms with Crippen molar-refractivity contribution in [1.29, 1.82) is 0 Å². The van der Waals surface area contributed by atoms with E-state index in [4.69, 9.17) is 0 Å². The highest BCUT2D eigenvalue weighted by Crippen LogP contribution is 2.60. The minimum Gasteiger partial charge on any atom is -0.350 e. The minimum atomic E-state index is -0.207. The molecule has 0 radical (unpaired) electrons. The molecule has 9 heteroatoms. The molecule has 1 amide bonds. The van der Waals surface area contributed by atoms with E-state index in [9.17, 15) is 9.59 Å². The predicted octanol–water partition coefficient (Wildman–Crippen LogP) is 1.64. The number of carbonyl (C=O) groups is 1. The highest BCUT2D eigenvalue weighted by atomic mass is 16.2. The van der Waals surface area contributed by atoms with E-state index in [1.165, 1.54) is 23.6 Å². The van der Waals surface area contributed by atoms with Crippen molar-refractivity contribution in [3.8, 4) is 0 Å². The van der Waals surface area contributed by atoms with Crippen LogP contribution in [0, 0.1) is 11.8 Å². The molecule has 4 aliphatic carbocycles. The number of tetrazole rings is 1. The van der Waals surface area contributed by atoms with Gasteiger partial charge >= 0.3 is 0 Å². The Kier molecular flexibility index (Phi) is 4.03. The van der Waals surface area contributed by atoms with Crippen molar-refractivity contribution >= 4 is 16.8 Å². The Morgan fingerprint density at radius 2 is 1.97 bits per heavy atom. The zero-order valence-corrected chi connectivity index (χ0v) is 17.3. The maximum atomic E-state index is 13.0. The maximum absolute atomic E-state index is 13.0. The van der Waals surface area contributed by atoms with Gasteiger partial charge in [0.1, 0.15) is 0 Å². The summed E-state index contributed by atoms with van der Waals surface area (Å²) in [6.07, 6.45) is 9.54. The number of hydrogen-bond acceptors (Lipinski definition) is 6. The quantitative estimate of drug-likeness (QED) is 0.674. The van der Waals surface area contributed by atoms with Gasteiger partial charge in [0.25, 0.3) is 5.56 Å². The first-order chi connectivity index (χ1) is 15.0. The standard InChI is InChI=1S/C22H25N7O2/c30-19(5-6-28-14-23-18-4-2-1-3-17(18)20(28)31)26-21-8-15-7-16(9-21)11-22(10-15,12-21)29-25-13-24-27-29/h1-4,13-16H,5-12H2,(H,26,30). The van der Waals surface area contributed by atoms with Gasteiger partial charge < -0.3 is 5.32 Å². The van der Waals surface area contributed by atoms with Crippen LogP contribution in [0.3, 0.4) is 0 Å². The molecule has 4 fully saturated rings. The fraction of sp³-hybridized carbons (Fsp3) is 0.545. The number of benzene rings is 1. The fourth-order valence-corrected chi connectivity index (χ4v) is 6.82. The van der Waals surface area contributed by atoms with Crippen LogP contribution in [0.25, 0.3) is 10.9 Å². The van der Waals surface area contributed by atoms with Crippen molar-refractivity contribution in [2.45, 2.75) is 62.6 Å². The summed E-state index contributed by atoms with van der Waals surface area (Å²) in [6.45, 7) is 0.321. The average Bonchev–Trinajstić information content (AvgIpc) is 3.28. The van der Waals surface area contributed by atoms with E-state index in [2.05, 4.69) is 25.7 Å². The third-order valence-corrected chi connectivity index (χ3v) is 7.52. The smallest absolute Gasteiger partial charge is 0.261 e. The summed E-state index contributed by atoms with van der Waals surface area (Å²) >= 11 is 0. The second-order valence-electron chi connectivity index (χ2n) is 9.75. The number of para-hydroxylation sites is 1. The molecule has 0 saturated heterocycles. The van der Waals surface area contributed by atoms with E-state index < -0.39 is 0 Å². The van der Waals surface area contributed by atoms with Crippen LogP contribution in [0.1, 0.15) is 44.9 Å². The minimum absolute atomic E-state index is 0.0105. The van der Waals surface area contributed by atoms with E-state index in [0.717, 1.165) is 32.1 Å². The van der Waals surface area contributed by atoms with Gasteiger partial charge in [0, 0.05) is 18.5 Å². The van der Waals surface area contributed by atoms with Gasteiger partial charge in [-0.25, -0.2) is 4.98 Å².